The molecule has 0 saturated carbocycles. The van der Waals surface area contributed by atoms with Crippen molar-refractivity contribution in [3.05, 3.63) is 29.3 Å². The van der Waals surface area contributed by atoms with Gasteiger partial charge in [-0.2, -0.15) is 0 Å². The molecule has 1 aromatic rings. The van der Waals surface area contributed by atoms with Crippen molar-refractivity contribution < 1.29 is 9.53 Å². The third kappa shape index (κ3) is 2.46. The van der Waals surface area contributed by atoms with Crippen molar-refractivity contribution in [2.45, 2.75) is 6.92 Å². The number of benzene rings is 1. The van der Waals surface area contributed by atoms with Gasteiger partial charge in [0.15, 0.2) is 6.29 Å². The van der Waals surface area contributed by atoms with E-state index in [1.54, 1.807) is 6.07 Å². The molecular formula is C10H11ClO2. The summed E-state index contributed by atoms with van der Waals surface area (Å²) in [5.74, 6) is 1.06. The second kappa shape index (κ2) is 4.87. The Bertz CT molecular complexity index is 297. The Morgan fingerprint density at radius 1 is 1.54 bits per heavy atom. The fourth-order valence-corrected chi connectivity index (χ4v) is 1.18. The van der Waals surface area contributed by atoms with Gasteiger partial charge in [-0.15, -0.1) is 11.6 Å². The second-order valence-electron chi connectivity index (χ2n) is 2.65. The van der Waals surface area contributed by atoms with Crippen molar-refractivity contribution in [3.63, 3.8) is 0 Å². The lowest BCUT2D eigenvalue weighted by Crippen LogP contribution is -2.02. The molecule has 70 valence electrons. The number of carbonyl (C=O) groups excluding carboxylic acids is 1. The SMILES string of the molecule is Cc1cccc(C=O)c1OCCCl. The molecule has 0 aliphatic rings. The third-order valence-electron chi connectivity index (χ3n) is 1.69. The molecule has 1 rings (SSSR count). The van der Waals surface area contributed by atoms with Gasteiger partial charge in [-0.3, -0.25) is 4.79 Å². The smallest absolute Gasteiger partial charge is 0.153 e. The van der Waals surface area contributed by atoms with Gasteiger partial charge in [0.2, 0.25) is 0 Å². The third-order valence-corrected chi connectivity index (χ3v) is 1.85. The van der Waals surface area contributed by atoms with E-state index in [2.05, 4.69) is 0 Å². The van der Waals surface area contributed by atoms with Crippen LogP contribution >= 0.6 is 11.6 Å². The highest BCUT2D eigenvalue weighted by Crippen LogP contribution is 2.21. The van der Waals surface area contributed by atoms with Crippen LogP contribution in [0.3, 0.4) is 0 Å². The number of halogens is 1. The van der Waals surface area contributed by atoms with E-state index >= 15 is 0 Å². The first-order valence-corrected chi connectivity index (χ1v) is 4.56. The van der Waals surface area contributed by atoms with Crippen LogP contribution in [0.1, 0.15) is 15.9 Å². The summed E-state index contributed by atoms with van der Waals surface area (Å²) in [7, 11) is 0. The fourth-order valence-electron chi connectivity index (χ4n) is 1.11. The van der Waals surface area contributed by atoms with Crippen molar-refractivity contribution >= 4 is 17.9 Å². The van der Waals surface area contributed by atoms with Crippen molar-refractivity contribution in [2.75, 3.05) is 12.5 Å². The molecular weight excluding hydrogens is 188 g/mol. The average molecular weight is 199 g/mol. The van der Waals surface area contributed by atoms with Crippen LogP contribution < -0.4 is 4.74 Å². The number of para-hydroxylation sites is 1. The van der Waals surface area contributed by atoms with Gasteiger partial charge in [-0.1, -0.05) is 12.1 Å². The van der Waals surface area contributed by atoms with Crippen LogP contribution in [0.4, 0.5) is 0 Å². The Morgan fingerprint density at radius 2 is 2.31 bits per heavy atom. The van der Waals surface area contributed by atoms with Gasteiger partial charge in [0, 0.05) is 0 Å². The molecule has 0 fully saturated rings. The fraction of sp³-hybridized carbons (Fsp3) is 0.300. The molecule has 2 nitrogen and oxygen atoms in total. The molecule has 0 amide bonds. The van der Waals surface area contributed by atoms with Crippen LogP contribution in [-0.4, -0.2) is 18.8 Å². The Balaban J connectivity index is 2.93. The number of hydrogen-bond acceptors (Lipinski definition) is 2. The number of rotatable bonds is 4. The van der Waals surface area contributed by atoms with Crippen LogP contribution in [0.15, 0.2) is 18.2 Å². The molecule has 0 bridgehead atoms. The number of aryl methyl sites for hydroxylation is 1. The van der Waals surface area contributed by atoms with Crippen LogP contribution in [0.25, 0.3) is 0 Å². The molecule has 0 atom stereocenters. The lowest BCUT2D eigenvalue weighted by molar-refractivity contribution is 0.111. The van der Waals surface area contributed by atoms with Crippen LogP contribution in [0.5, 0.6) is 5.75 Å². The molecule has 0 radical (unpaired) electrons. The molecule has 0 N–H and O–H groups in total. The summed E-state index contributed by atoms with van der Waals surface area (Å²) in [4.78, 5) is 10.6. The number of carbonyl (C=O) groups is 1. The van der Waals surface area contributed by atoms with Gasteiger partial charge >= 0.3 is 0 Å². The molecule has 0 aliphatic heterocycles. The molecule has 3 heteroatoms. The van der Waals surface area contributed by atoms with E-state index < -0.39 is 0 Å². The van der Waals surface area contributed by atoms with Crippen LogP contribution in [-0.2, 0) is 0 Å². The molecule has 0 aromatic heterocycles. The lowest BCUT2D eigenvalue weighted by Gasteiger charge is -2.09. The number of alkyl halides is 1. The zero-order valence-electron chi connectivity index (χ0n) is 7.42. The Kier molecular flexibility index (Phi) is 3.77. The van der Waals surface area contributed by atoms with Gasteiger partial charge < -0.3 is 4.74 Å². The quantitative estimate of drug-likeness (QED) is 0.549. The minimum absolute atomic E-state index is 0.423. The molecule has 0 saturated heterocycles. The first-order valence-electron chi connectivity index (χ1n) is 4.03. The Labute approximate surface area is 82.5 Å². The van der Waals surface area contributed by atoms with Crippen molar-refractivity contribution in [3.8, 4) is 5.75 Å². The van der Waals surface area contributed by atoms with Crippen LogP contribution in [0.2, 0.25) is 0 Å². The maximum atomic E-state index is 10.6. The highest BCUT2D eigenvalue weighted by atomic mass is 35.5. The van der Waals surface area contributed by atoms with E-state index in [-0.39, 0.29) is 0 Å². The highest BCUT2D eigenvalue weighted by molar-refractivity contribution is 6.18. The largest absolute Gasteiger partial charge is 0.491 e. The van der Waals surface area contributed by atoms with Gasteiger partial charge in [0.1, 0.15) is 12.4 Å². The maximum Gasteiger partial charge on any atom is 0.153 e. The lowest BCUT2D eigenvalue weighted by atomic mass is 10.1. The summed E-state index contributed by atoms with van der Waals surface area (Å²) >= 11 is 5.49. The second-order valence-corrected chi connectivity index (χ2v) is 3.03. The van der Waals surface area contributed by atoms with E-state index in [1.807, 2.05) is 19.1 Å². The number of hydrogen-bond donors (Lipinski definition) is 0. The van der Waals surface area contributed by atoms with Crippen LogP contribution in [0, 0.1) is 6.92 Å². The Hall–Kier alpha value is -1.02. The first-order chi connectivity index (χ1) is 6.29. The van der Waals surface area contributed by atoms with E-state index in [0.717, 1.165) is 11.8 Å². The summed E-state index contributed by atoms with van der Waals surface area (Å²) < 4.78 is 5.34. The summed E-state index contributed by atoms with van der Waals surface area (Å²) in [6, 6.07) is 5.45. The topological polar surface area (TPSA) is 26.3 Å². The van der Waals surface area contributed by atoms with Gasteiger partial charge in [0.25, 0.3) is 0 Å². The predicted octanol–water partition coefficient (Wildman–Crippen LogP) is 2.43. The van der Waals surface area contributed by atoms with E-state index in [4.69, 9.17) is 16.3 Å². The monoisotopic (exact) mass is 198 g/mol. The summed E-state index contributed by atoms with van der Waals surface area (Å²) in [6.07, 6.45) is 0.788. The van der Waals surface area contributed by atoms with E-state index in [0.29, 0.717) is 23.8 Å². The minimum atomic E-state index is 0.423. The molecule has 0 unspecified atom stereocenters. The van der Waals surface area contributed by atoms with E-state index in [9.17, 15) is 4.79 Å². The van der Waals surface area contributed by atoms with Gasteiger partial charge in [-0.05, 0) is 18.6 Å². The van der Waals surface area contributed by atoms with Crippen molar-refractivity contribution in [1.29, 1.82) is 0 Å². The molecule has 0 spiro atoms. The zero-order chi connectivity index (χ0) is 9.68. The standard InChI is InChI=1S/C10H11ClO2/c1-8-3-2-4-9(7-12)10(8)13-6-5-11/h2-4,7H,5-6H2,1H3. The minimum Gasteiger partial charge on any atom is -0.491 e. The highest BCUT2D eigenvalue weighted by Gasteiger charge is 2.04. The normalized spacial score (nSPS) is 9.69. The zero-order valence-corrected chi connectivity index (χ0v) is 8.17. The summed E-state index contributed by atoms with van der Waals surface area (Å²) in [5, 5.41) is 0. The molecule has 0 heterocycles. The molecule has 0 aliphatic carbocycles. The molecule has 13 heavy (non-hydrogen) atoms. The van der Waals surface area contributed by atoms with Gasteiger partial charge in [-0.25, -0.2) is 0 Å². The first kappa shape index (κ1) is 10.1. The Morgan fingerprint density at radius 3 is 2.92 bits per heavy atom. The molecule has 1 aromatic carbocycles. The number of ether oxygens (including phenoxy) is 1. The van der Waals surface area contributed by atoms with E-state index in [1.165, 1.54) is 0 Å². The summed E-state index contributed by atoms with van der Waals surface area (Å²) in [5.41, 5.74) is 1.53. The number of aldehydes is 1. The predicted molar refractivity (Wildman–Crippen MR) is 52.8 cm³/mol. The average Bonchev–Trinajstić information content (AvgIpc) is 2.15. The maximum absolute atomic E-state index is 10.6. The van der Waals surface area contributed by atoms with Crippen molar-refractivity contribution in [1.82, 2.24) is 0 Å². The van der Waals surface area contributed by atoms with Crippen molar-refractivity contribution in [2.24, 2.45) is 0 Å². The summed E-state index contributed by atoms with van der Waals surface area (Å²) in [6.45, 7) is 2.32. The van der Waals surface area contributed by atoms with Gasteiger partial charge in [0.05, 0.1) is 11.4 Å².